The second-order valence-electron chi connectivity index (χ2n) is 5.27. The Morgan fingerprint density at radius 3 is 2.96 bits per heavy atom. The van der Waals surface area contributed by atoms with E-state index in [1.54, 1.807) is 27.2 Å². The van der Waals surface area contributed by atoms with E-state index in [1.165, 1.54) is 0 Å². The van der Waals surface area contributed by atoms with E-state index in [9.17, 15) is 4.79 Å². The maximum atomic E-state index is 12.3. The van der Waals surface area contributed by atoms with Gasteiger partial charge >= 0.3 is 0 Å². The second-order valence-corrected chi connectivity index (χ2v) is 7.72. The zero-order valence-electron chi connectivity index (χ0n) is 12.9. The summed E-state index contributed by atoms with van der Waals surface area (Å²) in [5, 5.41) is 12.7. The molecule has 0 radical (unpaired) electrons. The second kappa shape index (κ2) is 6.87. The smallest absolute Gasteiger partial charge is 0.240 e. The van der Waals surface area contributed by atoms with Crippen molar-refractivity contribution in [3.63, 3.8) is 0 Å². The van der Waals surface area contributed by atoms with Crippen molar-refractivity contribution in [2.24, 2.45) is 0 Å². The number of para-hydroxylation sites is 1. The molecule has 3 heterocycles. The van der Waals surface area contributed by atoms with Gasteiger partial charge in [0.1, 0.15) is 11.6 Å². The molecule has 0 unspecified atom stereocenters. The van der Waals surface area contributed by atoms with E-state index in [-0.39, 0.29) is 12.5 Å². The molecule has 0 atom stereocenters. The van der Waals surface area contributed by atoms with E-state index in [1.807, 2.05) is 41.8 Å². The average Bonchev–Trinajstić information content (AvgIpc) is 3.33. The van der Waals surface area contributed by atoms with E-state index >= 15 is 0 Å². The fourth-order valence-corrected chi connectivity index (χ4v) is 4.25. The van der Waals surface area contributed by atoms with Gasteiger partial charge in [-0.2, -0.15) is 5.10 Å². The fraction of sp³-hybridized carbons (Fsp3) is 0.125. The van der Waals surface area contributed by atoms with Crippen LogP contribution in [0.5, 0.6) is 0 Å². The van der Waals surface area contributed by atoms with Crippen molar-refractivity contribution < 1.29 is 4.79 Å². The predicted octanol–water partition coefficient (Wildman–Crippen LogP) is 3.60. The van der Waals surface area contributed by atoms with Crippen LogP contribution in [-0.4, -0.2) is 25.7 Å². The summed E-state index contributed by atoms with van der Waals surface area (Å²) in [5.41, 5.74) is 0.953. The molecule has 3 aromatic heterocycles. The van der Waals surface area contributed by atoms with Crippen LogP contribution in [-0.2, 0) is 17.9 Å². The lowest BCUT2D eigenvalue weighted by Gasteiger charge is -2.06. The molecule has 0 spiro atoms. The number of carbonyl (C=O) groups is 1. The first-order valence-electron chi connectivity index (χ1n) is 7.51. The number of aromatic amines is 1. The number of thiazole rings is 1. The molecule has 0 saturated carbocycles. The van der Waals surface area contributed by atoms with Gasteiger partial charge in [0.15, 0.2) is 10.6 Å². The molecule has 0 bridgehead atoms. The molecule has 4 rings (SSSR count). The summed E-state index contributed by atoms with van der Waals surface area (Å²) in [7, 11) is 0. The molecule has 0 fully saturated rings. The number of nitrogens with zero attached hydrogens (tertiary/aromatic N) is 3. The average molecular weight is 388 g/mol. The third kappa shape index (κ3) is 3.39. The number of thiophene rings is 1. The molecular formula is C16H13N5OS3. The topological polar surface area (TPSA) is 75.6 Å². The van der Waals surface area contributed by atoms with Crippen molar-refractivity contribution in [2.45, 2.75) is 13.1 Å². The zero-order valence-corrected chi connectivity index (χ0v) is 15.4. The Morgan fingerprint density at radius 2 is 2.16 bits per heavy atom. The van der Waals surface area contributed by atoms with Gasteiger partial charge in [0.2, 0.25) is 5.91 Å². The van der Waals surface area contributed by atoms with Crippen LogP contribution in [0.2, 0.25) is 0 Å². The van der Waals surface area contributed by atoms with Crippen LogP contribution in [0, 0.1) is 4.77 Å². The lowest BCUT2D eigenvalue weighted by Crippen LogP contribution is -2.27. The Labute approximate surface area is 156 Å². The first-order valence-corrected chi connectivity index (χ1v) is 9.61. The highest BCUT2D eigenvalue weighted by molar-refractivity contribution is 7.71. The number of nitrogens with one attached hydrogen (secondary N) is 2. The quantitative estimate of drug-likeness (QED) is 0.513. The summed E-state index contributed by atoms with van der Waals surface area (Å²) in [6, 6.07) is 11.8. The lowest BCUT2D eigenvalue weighted by molar-refractivity contribution is -0.121. The van der Waals surface area contributed by atoms with Crippen LogP contribution >= 0.6 is 34.9 Å². The molecule has 1 aromatic carbocycles. The van der Waals surface area contributed by atoms with Crippen LogP contribution < -0.4 is 5.32 Å². The molecule has 126 valence electrons. The van der Waals surface area contributed by atoms with Crippen molar-refractivity contribution in [3.05, 3.63) is 51.6 Å². The van der Waals surface area contributed by atoms with E-state index in [0.29, 0.717) is 17.1 Å². The molecule has 6 nitrogen and oxygen atoms in total. The maximum absolute atomic E-state index is 12.3. The number of amides is 1. The molecule has 4 aromatic rings. The van der Waals surface area contributed by atoms with Crippen LogP contribution in [0.4, 0.5) is 0 Å². The third-order valence-electron chi connectivity index (χ3n) is 3.58. The minimum atomic E-state index is -0.130. The molecule has 9 heteroatoms. The first-order chi connectivity index (χ1) is 12.2. The van der Waals surface area contributed by atoms with E-state index in [0.717, 1.165) is 20.1 Å². The van der Waals surface area contributed by atoms with Gasteiger partial charge < -0.3 is 5.32 Å². The number of rotatable bonds is 5. The Balaban J connectivity index is 1.46. The van der Waals surface area contributed by atoms with Gasteiger partial charge in [-0.25, -0.2) is 4.98 Å². The van der Waals surface area contributed by atoms with Crippen LogP contribution in [0.1, 0.15) is 5.01 Å². The van der Waals surface area contributed by atoms with E-state index < -0.39 is 0 Å². The number of H-pyrrole nitrogens is 1. The van der Waals surface area contributed by atoms with Crippen molar-refractivity contribution in [3.8, 4) is 10.7 Å². The largest absolute Gasteiger partial charge is 0.348 e. The Kier molecular flexibility index (Phi) is 4.43. The molecule has 0 saturated heterocycles. The summed E-state index contributed by atoms with van der Waals surface area (Å²) < 4.78 is 3.25. The summed E-state index contributed by atoms with van der Waals surface area (Å²) in [6.07, 6.45) is 0. The Bertz CT molecular complexity index is 1040. The summed E-state index contributed by atoms with van der Waals surface area (Å²) in [6.45, 7) is 0.519. The Hall–Kier alpha value is -2.36. The standard InChI is InChI=1S/C16H13N5OS3/c22-13(17-8-14-18-10-4-1-2-5-11(10)25-14)9-21-15(19-20-16(21)23)12-6-3-7-24-12/h1-7H,8-9H2,(H,17,22)(H,20,23). The van der Waals surface area contributed by atoms with Gasteiger partial charge in [0.25, 0.3) is 0 Å². The van der Waals surface area contributed by atoms with Gasteiger partial charge in [-0.1, -0.05) is 18.2 Å². The highest BCUT2D eigenvalue weighted by atomic mass is 32.1. The minimum Gasteiger partial charge on any atom is -0.348 e. The van der Waals surface area contributed by atoms with Crippen molar-refractivity contribution in [1.29, 1.82) is 0 Å². The predicted molar refractivity (Wildman–Crippen MR) is 102 cm³/mol. The number of fused-ring (bicyclic) bond motifs is 1. The maximum Gasteiger partial charge on any atom is 0.240 e. The monoisotopic (exact) mass is 387 g/mol. The number of carbonyl (C=O) groups excluding carboxylic acids is 1. The van der Waals surface area contributed by atoms with Gasteiger partial charge in [-0.3, -0.25) is 14.5 Å². The van der Waals surface area contributed by atoms with E-state index in [4.69, 9.17) is 12.2 Å². The highest BCUT2D eigenvalue weighted by Gasteiger charge is 2.13. The number of benzene rings is 1. The lowest BCUT2D eigenvalue weighted by atomic mass is 10.3. The van der Waals surface area contributed by atoms with Gasteiger partial charge in [-0.15, -0.1) is 22.7 Å². The third-order valence-corrected chi connectivity index (χ3v) is 5.79. The summed E-state index contributed by atoms with van der Waals surface area (Å²) >= 11 is 8.38. The fourth-order valence-electron chi connectivity index (χ4n) is 2.43. The van der Waals surface area contributed by atoms with Crippen molar-refractivity contribution in [1.82, 2.24) is 25.1 Å². The highest BCUT2D eigenvalue weighted by Crippen LogP contribution is 2.23. The normalized spacial score (nSPS) is 11.0. The molecule has 2 N–H and O–H groups in total. The molecule has 0 aliphatic heterocycles. The van der Waals surface area contributed by atoms with Gasteiger partial charge in [0.05, 0.1) is 21.6 Å². The minimum absolute atomic E-state index is 0.119. The molecule has 0 aliphatic carbocycles. The van der Waals surface area contributed by atoms with Crippen molar-refractivity contribution >= 4 is 51.0 Å². The van der Waals surface area contributed by atoms with Gasteiger partial charge in [-0.05, 0) is 35.8 Å². The molecule has 0 aliphatic rings. The number of hydrogen-bond donors (Lipinski definition) is 2. The number of hydrogen-bond acceptors (Lipinski definition) is 6. The van der Waals surface area contributed by atoms with E-state index in [2.05, 4.69) is 20.5 Å². The SMILES string of the molecule is O=C(Cn1c(-c2cccs2)n[nH]c1=S)NCc1nc2ccccc2s1. The van der Waals surface area contributed by atoms with Crippen molar-refractivity contribution in [2.75, 3.05) is 0 Å². The molecular weight excluding hydrogens is 374 g/mol. The van der Waals surface area contributed by atoms with Crippen LogP contribution in [0.15, 0.2) is 41.8 Å². The first kappa shape index (κ1) is 16.1. The van der Waals surface area contributed by atoms with Gasteiger partial charge in [0, 0.05) is 0 Å². The molecule has 1 amide bonds. The zero-order chi connectivity index (χ0) is 17.2. The Morgan fingerprint density at radius 1 is 1.28 bits per heavy atom. The summed E-state index contributed by atoms with van der Waals surface area (Å²) in [5.74, 6) is 0.546. The number of aromatic nitrogens is 4. The van der Waals surface area contributed by atoms with Crippen LogP contribution in [0.25, 0.3) is 20.9 Å². The molecule has 25 heavy (non-hydrogen) atoms. The summed E-state index contributed by atoms with van der Waals surface area (Å²) in [4.78, 5) is 17.8. The van der Waals surface area contributed by atoms with Crippen LogP contribution in [0.3, 0.4) is 0 Å².